The van der Waals surface area contributed by atoms with Crippen molar-refractivity contribution in [2.45, 2.75) is 75.6 Å². The fourth-order valence-electron chi connectivity index (χ4n) is 7.04. The van der Waals surface area contributed by atoms with E-state index >= 15 is 0 Å². The van der Waals surface area contributed by atoms with Crippen LogP contribution >= 0.6 is 0 Å². The lowest BCUT2D eigenvalue weighted by Gasteiger charge is -2.28. The molecule has 0 bridgehead atoms. The Morgan fingerprint density at radius 1 is 0.869 bits per heavy atom. The summed E-state index contributed by atoms with van der Waals surface area (Å²) >= 11 is 0. The Kier molecular flexibility index (Phi) is 13.0. The third kappa shape index (κ3) is 10.4. The van der Waals surface area contributed by atoms with Crippen LogP contribution in [0.15, 0.2) is 127 Å². The zero-order valence-corrected chi connectivity index (χ0v) is 35.8. The molecular formula is C47H51N5O8S. The molecule has 61 heavy (non-hydrogen) atoms. The fourth-order valence-corrected chi connectivity index (χ4v) is 8.10. The maximum absolute atomic E-state index is 14.4. The van der Waals surface area contributed by atoms with Crippen LogP contribution in [0.5, 0.6) is 5.75 Å². The van der Waals surface area contributed by atoms with Gasteiger partial charge < -0.3 is 25.4 Å². The summed E-state index contributed by atoms with van der Waals surface area (Å²) in [5.74, 6) is -2.68. The molecule has 0 radical (unpaired) electrons. The first-order valence-electron chi connectivity index (χ1n) is 19.9. The fraction of sp³-hybridized carbons (Fsp3) is 0.298. The topological polar surface area (TPSA) is 182 Å². The Labute approximate surface area is 356 Å². The molecule has 4 amide bonds. The van der Waals surface area contributed by atoms with Crippen molar-refractivity contribution in [3.63, 3.8) is 0 Å². The van der Waals surface area contributed by atoms with E-state index in [4.69, 9.17) is 14.5 Å². The lowest BCUT2D eigenvalue weighted by Crippen LogP contribution is -2.60. The molecule has 1 fully saturated rings. The van der Waals surface area contributed by atoms with Crippen molar-refractivity contribution < 1.29 is 37.1 Å². The van der Waals surface area contributed by atoms with Crippen LogP contribution in [0.2, 0.25) is 0 Å². The quantitative estimate of drug-likeness (QED) is 0.0832. The summed E-state index contributed by atoms with van der Waals surface area (Å²) in [6.45, 7) is 12.4. The number of amides is 4. The minimum Gasteiger partial charge on any atom is -0.497 e. The highest BCUT2D eigenvalue weighted by Gasteiger charge is 2.61. The molecule has 1 aromatic heterocycles. The second kappa shape index (κ2) is 18.0. The molecular weight excluding hydrogens is 795 g/mol. The first-order valence-corrected chi connectivity index (χ1v) is 21.4. The van der Waals surface area contributed by atoms with E-state index in [9.17, 15) is 27.6 Å². The number of methoxy groups -OCH3 is 1. The Morgan fingerprint density at radius 2 is 1.52 bits per heavy atom. The average Bonchev–Trinajstić information content (AvgIpc) is 3.95. The van der Waals surface area contributed by atoms with Gasteiger partial charge in [0.25, 0.3) is 15.9 Å². The van der Waals surface area contributed by atoms with Gasteiger partial charge in [-0.05, 0) is 80.1 Å². The van der Waals surface area contributed by atoms with E-state index in [2.05, 4.69) is 27.3 Å². The normalized spacial score (nSPS) is 17.1. The number of ether oxygens (including phenoxy) is 2. The SMILES string of the molecule is C=CC1C[C@]1(NC(=O)[C@H](Cc1ccc(-c2cc(-c3ccccc3)nc3cc(OC)ccc23)cc1)NC(=O)[C@@H](NC(=O)OC(C)(C)C)C(C)C)C(=O)NS(=O)(=O)c1ccccc1. The van der Waals surface area contributed by atoms with Gasteiger partial charge in [0.05, 0.1) is 23.2 Å². The number of hydrogen-bond acceptors (Lipinski definition) is 9. The van der Waals surface area contributed by atoms with Gasteiger partial charge in [-0.1, -0.05) is 92.7 Å². The molecule has 1 unspecified atom stereocenters. The zero-order valence-electron chi connectivity index (χ0n) is 35.0. The van der Waals surface area contributed by atoms with E-state index < -0.39 is 68.9 Å². The van der Waals surface area contributed by atoms with Crippen LogP contribution < -0.4 is 25.4 Å². The molecule has 1 aliphatic rings. The molecule has 0 spiro atoms. The van der Waals surface area contributed by atoms with Crippen molar-refractivity contribution in [1.82, 2.24) is 25.7 Å². The van der Waals surface area contributed by atoms with Crippen molar-refractivity contribution in [2.24, 2.45) is 11.8 Å². The van der Waals surface area contributed by atoms with E-state index in [0.717, 1.165) is 33.3 Å². The van der Waals surface area contributed by atoms with Crippen molar-refractivity contribution in [2.75, 3.05) is 7.11 Å². The summed E-state index contributed by atoms with van der Waals surface area (Å²) in [5, 5.41) is 9.08. The Hall–Kier alpha value is -6.54. The molecule has 5 aromatic rings. The minimum absolute atomic E-state index is 0.0303. The number of nitrogens with one attached hydrogen (secondary N) is 4. The van der Waals surface area contributed by atoms with Crippen LogP contribution in [0.1, 0.15) is 46.6 Å². The van der Waals surface area contributed by atoms with Gasteiger partial charge in [-0.3, -0.25) is 14.4 Å². The number of rotatable bonds is 15. The smallest absolute Gasteiger partial charge is 0.408 e. The van der Waals surface area contributed by atoms with Crippen LogP contribution in [0.3, 0.4) is 0 Å². The largest absolute Gasteiger partial charge is 0.497 e. The number of aromatic nitrogens is 1. The van der Waals surface area contributed by atoms with Crippen molar-refractivity contribution >= 4 is 44.7 Å². The molecule has 318 valence electrons. The second-order valence-corrected chi connectivity index (χ2v) is 18.1. The molecule has 0 aliphatic heterocycles. The Morgan fingerprint density at radius 3 is 2.11 bits per heavy atom. The highest BCUT2D eigenvalue weighted by molar-refractivity contribution is 7.90. The number of carbonyl (C=O) groups excluding carboxylic acids is 4. The third-order valence-electron chi connectivity index (χ3n) is 10.4. The summed E-state index contributed by atoms with van der Waals surface area (Å²) in [7, 11) is -2.68. The summed E-state index contributed by atoms with van der Waals surface area (Å²) in [6, 6.07) is 30.1. The summed E-state index contributed by atoms with van der Waals surface area (Å²) in [6.07, 6.45) is 0.720. The molecule has 1 aliphatic carbocycles. The molecule has 1 saturated carbocycles. The summed E-state index contributed by atoms with van der Waals surface area (Å²) in [5.41, 5.74) is 2.41. The number of fused-ring (bicyclic) bond motifs is 1. The molecule has 14 heteroatoms. The Bertz CT molecular complexity index is 2540. The monoisotopic (exact) mass is 845 g/mol. The Balaban J connectivity index is 1.31. The maximum atomic E-state index is 14.4. The van der Waals surface area contributed by atoms with E-state index in [1.807, 2.05) is 78.9 Å². The average molecular weight is 846 g/mol. The standard InChI is InChI=1S/C47H51N5O8S/c1-8-33-28-47(33,44(55)52-61(57,58)35-17-13-10-14-18-35)51-42(53)40(49-43(54)41(29(2)3)50-45(56)60-46(4,5)6)25-30-19-21-31(22-20-30)37-27-38(32-15-11-9-12-16-32)48-39-26-34(59-7)23-24-36(37)39/h8-24,26-27,29,33,40-41H,1,25,28H2,2-7H3,(H,49,54)(H,50,56)(H,51,53)(H,52,55)/t33?,40-,41-,47+/m0/s1. The van der Waals surface area contributed by atoms with Gasteiger partial charge in [0.15, 0.2) is 0 Å². The number of carbonyl (C=O) groups is 4. The zero-order chi connectivity index (χ0) is 44.1. The summed E-state index contributed by atoms with van der Waals surface area (Å²) < 4.78 is 39.4. The van der Waals surface area contributed by atoms with Gasteiger partial charge >= 0.3 is 6.09 Å². The highest BCUT2D eigenvalue weighted by atomic mass is 32.2. The van der Waals surface area contributed by atoms with Crippen molar-refractivity contribution in [1.29, 1.82) is 0 Å². The van der Waals surface area contributed by atoms with E-state index in [-0.39, 0.29) is 17.7 Å². The van der Waals surface area contributed by atoms with Gasteiger partial charge in [0, 0.05) is 29.4 Å². The van der Waals surface area contributed by atoms with Crippen LogP contribution in [-0.2, 0) is 35.6 Å². The first-order chi connectivity index (χ1) is 28.9. The minimum atomic E-state index is -4.28. The van der Waals surface area contributed by atoms with Gasteiger partial charge in [0.1, 0.15) is 29.0 Å². The second-order valence-electron chi connectivity index (χ2n) is 16.4. The van der Waals surface area contributed by atoms with Crippen LogP contribution in [-0.4, -0.2) is 67.6 Å². The van der Waals surface area contributed by atoms with E-state index in [1.165, 1.54) is 30.3 Å². The number of benzene rings is 4. The number of sulfonamides is 1. The predicted molar refractivity (Wildman–Crippen MR) is 234 cm³/mol. The lowest BCUT2D eigenvalue weighted by atomic mass is 9.95. The predicted octanol–water partition coefficient (Wildman–Crippen LogP) is 6.72. The third-order valence-corrected chi connectivity index (χ3v) is 11.7. The molecule has 1 heterocycles. The lowest BCUT2D eigenvalue weighted by molar-refractivity contribution is -0.133. The van der Waals surface area contributed by atoms with Crippen LogP contribution in [0.4, 0.5) is 4.79 Å². The first kappa shape index (κ1) is 44.0. The molecule has 13 nitrogen and oxygen atoms in total. The molecule has 0 saturated heterocycles. The van der Waals surface area contributed by atoms with Gasteiger partial charge in [-0.25, -0.2) is 22.9 Å². The number of pyridine rings is 1. The van der Waals surface area contributed by atoms with Gasteiger partial charge in [0.2, 0.25) is 11.8 Å². The van der Waals surface area contributed by atoms with E-state index in [0.29, 0.717) is 11.3 Å². The van der Waals surface area contributed by atoms with Gasteiger partial charge in [-0.2, -0.15) is 0 Å². The van der Waals surface area contributed by atoms with Gasteiger partial charge in [-0.15, -0.1) is 6.58 Å². The van der Waals surface area contributed by atoms with E-state index in [1.54, 1.807) is 47.8 Å². The number of hydrogen-bond donors (Lipinski definition) is 4. The van der Waals surface area contributed by atoms with Crippen LogP contribution in [0.25, 0.3) is 33.3 Å². The highest BCUT2D eigenvalue weighted by Crippen LogP contribution is 2.45. The number of nitrogens with zero attached hydrogens (tertiary/aromatic N) is 1. The molecule has 4 N–H and O–H groups in total. The molecule has 6 rings (SSSR count). The van der Waals surface area contributed by atoms with Crippen molar-refractivity contribution in [3.05, 3.63) is 127 Å². The summed E-state index contributed by atoms with van der Waals surface area (Å²) in [4.78, 5) is 59.7. The van der Waals surface area contributed by atoms with Crippen molar-refractivity contribution in [3.8, 4) is 28.1 Å². The molecule has 4 atom stereocenters. The molecule has 4 aromatic carbocycles. The number of alkyl carbamates (subject to hydrolysis) is 1. The maximum Gasteiger partial charge on any atom is 0.408 e. The van der Waals surface area contributed by atoms with Crippen LogP contribution in [0, 0.1) is 11.8 Å².